The molecule has 2 aromatic rings. The van der Waals surface area contributed by atoms with Crippen molar-refractivity contribution in [2.45, 2.75) is 20.0 Å². The molecular formula is C18H20N2O2. The molecule has 1 aromatic carbocycles. The SMILES string of the molecule is Cc1cccnc1C=CCCNC(=O)OCc1ccccc1. The lowest BCUT2D eigenvalue weighted by atomic mass is 10.2. The number of benzene rings is 1. The van der Waals surface area contributed by atoms with E-state index < -0.39 is 6.09 Å². The molecule has 4 nitrogen and oxygen atoms in total. The maximum absolute atomic E-state index is 11.5. The summed E-state index contributed by atoms with van der Waals surface area (Å²) in [4.78, 5) is 15.8. The molecule has 1 N–H and O–H groups in total. The Balaban J connectivity index is 1.64. The first-order valence-corrected chi connectivity index (χ1v) is 7.28. The highest BCUT2D eigenvalue weighted by Gasteiger charge is 2.00. The maximum atomic E-state index is 11.5. The second-order valence-electron chi connectivity index (χ2n) is 4.89. The van der Waals surface area contributed by atoms with E-state index in [9.17, 15) is 4.79 Å². The number of alkyl carbamates (subject to hydrolysis) is 1. The van der Waals surface area contributed by atoms with Gasteiger partial charge in [0.25, 0.3) is 0 Å². The van der Waals surface area contributed by atoms with Gasteiger partial charge in [-0.3, -0.25) is 4.98 Å². The van der Waals surface area contributed by atoms with E-state index >= 15 is 0 Å². The van der Waals surface area contributed by atoms with E-state index in [0.29, 0.717) is 6.54 Å². The summed E-state index contributed by atoms with van der Waals surface area (Å²) in [6.45, 7) is 2.84. The standard InChI is InChI=1S/C18H20N2O2/c1-15-8-7-13-19-17(15)11-5-6-12-20-18(21)22-14-16-9-3-2-4-10-16/h2-5,7-11,13H,6,12,14H2,1H3,(H,20,21). The van der Waals surface area contributed by atoms with Crippen LogP contribution >= 0.6 is 0 Å². The summed E-state index contributed by atoms with van der Waals surface area (Å²) < 4.78 is 5.13. The van der Waals surface area contributed by atoms with Gasteiger partial charge in [0.15, 0.2) is 0 Å². The highest BCUT2D eigenvalue weighted by molar-refractivity contribution is 5.67. The molecule has 0 saturated carbocycles. The minimum Gasteiger partial charge on any atom is -0.445 e. The zero-order valence-corrected chi connectivity index (χ0v) is 12.7. The molecule has 0 radical (unpaired) electrons. The molecule has 0 atom stereocenters. The number of pyridine rings is 1. The predicted molar refractivity (Wildman–Crippen MR) is 87.3 cm³/mol. The molecule has 1 aromatic heterocycles. The van der Waals surface area contributed by atoms with Crippen LogP contribution in [0.3, 0.4) is 0 Å². The first kappa shape index (κ1) is 15.8. The normalized spacial score (nSPS) is 10.6. The van der Waals surface area contributed by atoms with Crippen molar-refractivity contribution in [1.82, 2.24) is 10.3 Å². The second-order valence-corrected chi connectivity index (χ2v) is 4.89. The largest absolute Gasteiger partial charge is 0.445 e. The number of aromatic nitrogens is 1. The second kappa shape index (κ2) is 8.62. The highest BCUT2D eigenvalue weighted by atomic mass is 16.5. The Morgan fingerprint density at radius 1 is 1.23 bits per heavy atom. The summed E-state index contributed by atoms with van der Waals surface area (Å²) >= 11 is 0. The van der Waals surface area contributed by atoms with Crippen molar-refractivity contribution in [3.63, 3.8) is 0 Å². The number of amides is 1. The van der Waals surface area contributed by atoms with Crippen LogP contribution in [-0.4, -0.2) is 17.6 Å². The molecule has 0 saturated heterocycles. The van der Waals surface area contributed by atoms with Crippen molar-refractivity contribution in [3.8, 4) is 0 Å². The van der Waals surface area contributed by atoms with E-state index in [1.165, 1.54) is 0 Å². The Morgan fingerprint density at radius 2 is 2.05 bits per heavy atom. The van der Waals surface area contributed by atoms with Crippen molar-refractivity contribution in [2.75, 3.05) is 6.54 Å². The van der Waals surface area contributed by atoms with Crippen LogP contribution in [0.5, 0.6) is 0 Å². The lowest BCUT2D eigenvalue weighted by Gasteiger charge is -2.05. The third-order valence-electron chi connectivity index (χ3n) is 3.12. The molecule has 0 aliphatic rings. The van der Waals surface area contributed by atoms with Gasteiger partial charge in [-0.05, 0) is 36.6 Å². The van der Waals surface area contributed by atoms with Crippen LogP contribution in [0.4, 0.5) is 4.79 Å². The molecule has 1 amide bonds. The number of nitrogens with zero attached hydrogens (tertiary/aromatic N) is 1. The van der Waals surface area contributed by atoms with Crippen LogP contribution < -0.4 is 5.32 Å². The highest BCUT2D eigenvalue weighted by Crippen LogP contribution is 2.05. The molecule has 22 heavy (non-hydrogen) atoms. The van der Waals surface area contributed by atoms with Crippen LogP contribution in [0.1, 0.15) is 23.2 Å². The number of hydrogen-bond donors (Lipinski definition) is 1. The Bertz CT molecular complexity index is 624. The quantitative estimate of drug-likeness (QED) is 0.827. The lowest BCUT2D eigenvalue weighted by molar-refractivity contribution is 0.140. The number of ether oxygens (including phenoxy) is 1. The number of hydrogen-bond acceptors (Lipinski definition) is 3. The van der Waals surface area contributed by atoms with E-state index in [1.54, 1.807) is 6.20 Å². The zero-order chi connectivity index (χ0) is 15.6. The average Bonchev–Trinajstić information content (AvgIpc) is 2.55. The molecule has 1 heterocycles. The molecule has 2 rings (SSSR count). The van der Waals surface area contributed by atoms with E-state index in [0.717, 1.165) is 23.2 Å². The van der Waals surface area contributed by atoms with Crippen LogP contribution in [0, 0.1) is 6.92 Å². The number of carbonyl (C=O) groups excluding carboxylic acids is 1. The van der Waals surface area contributed by atoms with Gasteiger partial charge in [-0.15, -0.1) is 0 Å². The van der Waals surface area contributed by atoms with Crippen molar-refractivity contribution >= 4 is 12.2 Å². The van der Waals surface area contributed by atoms with Gasteiger partial charge in [0.1, 0.15) is 6.61 Å². The molecule has 0 bridgehead atoms. The number of rotatable bonds is 6. The van der Waals surface area contributed by atoms with Gasteiger partial charge in [0, 0.05) is 12.7 Å². The minimum absolute atomic E-state index is 0.287. The Labute approximate surface area is 130 Å². The summed E-state index contributed by atoms with van der Waals surface area (Å²) in [5.74, 6) is 0. The lowest BCUT2D eigenvalue weighted by Crippen LogP contribution is -2.24. The van der Waals surface area contributed by atoms with Gasteiger partial charge < -0.3 is 10.1 Å². The summed E-state index contributed by atoms with van der Waals surface area (Å²) in [6.07, 6.45) is 6.06. The van der Waals surface area contributed by atoms with Gasteiger partial charge in [-0.1, -0.05) is 42.5 Å². The average molecular weight is 296 g/mol. The Kier molecular flexibility index (Phi) is 6.18. The molecule has 0 fully saturated rings. The van der Waals surface area contributed by atoms with Crippen molar-refractivity contribution in [2.24, 2.45) is 0 Å². The molecule has 0 spiro atoms. The Morgan fingerprint density at radius 3 is 2.82 bits per heavy atom. The summed E-state index contributed by atoms with van der Waals surface area (Å²) in [7, 11) is 0. The van der Waals surface area contributed by atoms with Gasteiger partial charge in [-0.2, -0.15) is 0 Å². The number of nitrogens with one attached hydrogen (secondary N) is 1. The van der Waals surface area contributed by atoms with Crippen molar-refractivity contribution in [3.05, 3.63) is 71.6 Å². The first-order chi connectivity index (χ1) is 10.8. The van der Waals surface area contributed by atoms with Gasteiger partial charge >= 0.3 is 6.09 Å². The van der Waals surface area contributed by atoms with E-state index in [1.807, 2.05) is 61.5 Å². The van der Waals surface area contributed by atoms with E-state index in [2.05, 4.69) is 10.3 Å². The Hall–Kier alpha value is -2.62. The molecule has 0 aliphatic heterocycles. The topological polar surface area (TPSA) is 51.2 Å². The van der Waals surface area contributed by atoms with Crippen molar-refractivity contribution in [1.29, 1.82) is 0 Å². The monoisotopic (exact) mass is 296 g/mol. The number of carbonyl (C=O) groups is 1. The molecule has 4 heteroatoms. The minimum atomic E-state index is -0.397. The third-order valence-corrected chi connectivity index (χ3v) is 3.12. The predicted octanol–water partition coefficient (Wildman–Crippen LogP) is 3.72. The fourth-order valence-corrected chi connectivity index (χ4v) is 1.90. The van der Waals surface area contributed by atoms with Crippen LogP contribution in [0.2, 0.25) is 0 Å². The smallest absolute Gasteiger partial charge is 0.407 e. The number of aryl methyl sites for hydroxylation is 1. The molecule has 114 valence electrons. The van der Waals surface area contributed by atoms with Crippen LogP contribution in [0.15, 0.2) is 54.7 Å². The van der Waals surface area contributed by atoms with Crippen LogP contribution in [0.25, 0.3) is 6.08 Å². The summed E-state index contributed by atoms with van der Waals surface area (Å²) in [6, 6.07) is 13.5. The van der Waals surface area contributed by atoms with Gasteiger partial charge in [0.05, 0.1) is 5.69 Å². The fourth-order valence-electron chi connectivity index (χ4n) is 1.90. The van der Waals surface area contributed by atoms with E-state index in [4.69, 9.17) is 4.74 Å². The van der Waals surface area contributed by atoms with Crippen molar-refractivity contribution < 1.29 is 9.53 Å². The third kappa shape index (κ3) is 5.40. The first-order valence-electron chi connectivity index (χ1n) is 7.28. The molecule has 0 aliphatic carbocycles. The fraction of sp³-hybridized carbons (Fsp3) is 0.222. The van der Waals surface area contributed by atoms with Gasteiger partial charge in [-0.25, -0.2) is 4.79 Å². The van der Waals surface area contributed by atoms with E-state index in [-0.39, 0.29) is 6.61 Å². The van der Waals surface area contributed by atoms with Gasteiger partial charge in [0.2, 0.25) is 0 Å². The summed E-state index contributed by atoms with van der Waals surface area (Å²) in [5, 5.41) is 2.72. The maximum Gasteiger partial charge on any atom is 0.407 e. The molecule has 0 unspecified atom stereocenters. The van der Waals surface area contributed by atoms with Crippen LogP contribution in [-0.2, 0) is 11.3 Å². The molecular weight excluding hydrogens is 276 g/mol. The zero-order valence-electron chi connectivity index (χ0n) is 12.7. The summed E-state index contributed by atoms with van der Waals surface area (Å²) in [5.41, 5.74) is 3.06.